The van der Waals surface area contributed by atoms with E-state index < -0.39 is 27.2 Å². The molecule has 0 amide bonds. The van der Waals surface area contributed by atoms with Gasteiger partial charge in [0.05, 0.1) is 21.5 Å². The lowest BCUT2D eigenvalue weighted by molar-refractivity contribution is 0.550. The lowest BCUT2D eigenvalue weighted by Gasteiger charge is -2.13. The maximum Gasteiger partial charge on any atom is 0.192 e. The van der Waals surface area contributed by atoms with E-state index in [4.69, 9.17) is 11.6 Å². The third kappa shape index (κ3) is 4.24. The molecular weight excluding hydrogens is 502 g/mol. The van der Waals surface area contributed by atoms with E-state index in [0.717, 1.165) is 29.2 Å². The average molecular weight is 517 g/mol. The van der Waals surface area contributed by atoms with Gasteiger partial charge in [-0.2, -0.15) is 0 Å². The molecule has 0 spiro atoms. The Bertz CT molecular complexity index is 1550. The molecule has 4 aromatic rings. The van der Waals surface area contributed by atoms with Crippen LogP contribution in [0.2, 0.25) is 4.34 Å². The average Bonchev–Trinajstić information content (AvgIpc) is 3.48. The molecule has 3 aromatic heterocycles. The van der Waals surface area contributed by atoms with Crippen molar-refractivity contribution in [1.29, 1.82) is 0 Å². The minimum atomic E-state index is -3.85. The molecule has 0 atom stereocenters. The second-order valence-electron chi connectivity index (χ2n) is 7.52. The van der Waals surface area contributed by atoms with Crippen molar-refractivity contribution in [1.82, 2.24) is 15.0 Å². The van der Waals surface area contributed by atoms with Crippen molar-refractivity contribution < 1.29 is 17.2 Å². The Morgan fingerprint density at radius 2 is 1.91 bits per heavy atom. The van der Waals surface area contributed by atoms with Gasteiger partial charge in [-0.3, -0.25) is 9.98 Å². The van der Waals surface area contributed by atoms with Crippen molar-refractivity contribution >= 4 is 44.7 Å². The number of hydrogen-bond acceptors (Lipinski definition) is 7. The van der Waals surface area contributed by atoms with Gasteiger partial charge in [0.1, 0.15) is 33.6 Å². The van der Waals surface area contributed by atoms with Gasteiger partial charge < -0.3 is 0 Å². The number of nitrogens with zero attached hydrogens (tertiary/aromatic N) is 4. The Hall–Kier alpha value is -3.08. The second-order valence-corrected chi connectivity index (χ2v) is 11.5. The van der Waals surface area contributed by atoms with E-state index in [-0.39, 0.29) is 21.8 Å². The summed E-state index contributed by atoms with van der Waals surface area (Å²) in [5.41, 5.74) is 2.44. The lowest BCUT2D eigenvalue weighted by Crippen LogP contribution is -2.09. The molecule has 4 heterocycles. The van der Waals surface area contributed by atoms with Gasteiger partial charge >= 0.3 is 0 Å². The molecule has 0 radical (unpaired) electrons. The summed E-state index contributed by atoms with van der Waals surface area (Å²) in [5.74, 6) is -2.33. The number of benzene rings is 1. The zero-order chi connectivity index (χ0) is 23.9. The first-order valence-corrected chi connectivity index (χ1v) is 12.9. The molecule has 1 aliphatic heterocycles. The molecule has 0 saturated carbocycles. The first-order chi connectivity index (χ1) is 16.3. The standard InChI is InChI=1S/C23H15ClF2N4O2S2/c24-19-5-6-20(33-19)34(31,32)11-13-3-4-16(25)15(21(13)26)10-18-14(2-1-8-27-18)22-23-17(7-9-28-23)29-12-30-22/h1-6,8-9,12H,7,10-11H2. The van der Waals surface area contributed by atoms with Gasteiger partial charge in [0.25, 0.3) is 0 Å². The second kappa shape index (κ2) is 8.94. The van der Waals surface area contributed by atoms with Gasteiger partial charge in [0, 0.05) is 41.9 Å². The largest absolute Gasteiger partial charge is 0.260 e. The summed E-state index contributed by atoms with van der Waals surface area (Å²) in [6.07, 6.45) is 5.05. The molecular formula is C23H15ClF2N4O2S2. The van der Waals surface area contributed by atoms with E-state index in [1.807, 2.05) is 0 Å². The third-order valence-corrected chi connectivity index (χ3v) is 8.84. The highest BCUT2D eigenvalue weighted by molar-refractivity contribution is 7.92. The quantitative estimate of drug-likeness (QED) is 0.344. The zero-order valence-electron chi connectivity index (χ0n) is 17.4. The van der Waals surface area contributed by atoms with Crippen molar-refractivity contribution in [2.75, 3.05) is 0 Å². The zero-order valence-corrected chi connectivity index (χ0v) is 19.8. The number of aliphatic imine (C=N–C) groups is 1. The number of rotatable bonds is 6. The Morgan fingerprint density at radius 3 is 2.71 bits per heavy atom. The number of thiophene rings is 1. The van der Waals surface area contributed by atoms with Gasteiger partial charge in [0.2, 0.25) is 0 Å². The van der Waals surface area contributed by atoms with E-state index in [1.54, 1.807) is 18.3 Å². The van der Waals surface area contributed by atoms with E-state index in [2.05, 4.69) is 19.9 Å². The Kier molecular flexibility index (Phi) is 5.97. The highest BCUT2D eigenvalue weighted by Crippen LogP contribution is 2.35. The molecule has 0 aliphatic carbocycles. The van der Waals surface area contributed by atoms with Crippen LogP contribution in [0.4, 0.5) is 14.5 Å². The predicted molar refractivity (Wildman–Crippen MR) is 127 cm³/mol. The first-order valence-electron chi connectivity index (χ1n) is 10.1. The molecule has 0 N–H and O–H groups in total. The lowest BCUT2D eigenvalue weighted by atomic mass is 9.99. The summed E-state index contributed by atoms with van der Waals surface area (Å²) in [4.78, 5) is 17.2. The number of fused-ring (bicyclic) bond motifs is 1. The number of aromatic nitrogens is 3. The van der Waals surface area contributed by atoms with Gasteiger partial charge in [-0.05, 0) is 30.3 Å². The van der Waals surface area contributed by atoms with E-state index >= 15 is 4.39 Å². The fraction of sp³-hybridized carbons (Fsp3) is 0.130. The molecule has 0 saturated heterocycles. The van der Waals surface area contributed by atoms with E-state index in [9.17, 15) is 12.8 Å². The molecule has 0 unspecified atom stereocenters. The highest BCUT2D eigenvalue weighted by atomic mass is 35.5. The van der Waals surface area contributed by atoms with Crippen LogP contribution >= 0.6 is 22.9 Å². The summed E-state index contributed by atoms with van der Waals surface area (Å²) >= 11 is 6.73. The molecule has 0 fully saturated rings. The maximum atomic E-state index is 15.4. The monoisotopic (exact) mass is 516 g/mol. The normalized spacial score (nSPS) is 12.8. The van der Waals surface area contributed by atoms with Gasteiger partial charge in [-0.1, -0.05) is 17.7 Å². The van der Waals surface area contributed by atoms with Gasteiger partial charge in [-0.15, -0.1) is 11.3 Å². The summed E-state index contributed by atoms with van der Waals surface area (Å²) < 4.78 is 55.9. The molecule has 1 aliphatic rings. The molecule has 11 heteroatoms. The molecule has 34 heavy (non-hydrogen) atoms. The number of pyridine rings is 1. The van der Waals surface area contributed by atoms with Crippen LogP contribution in [0.3, 0.4) is 0 Å². The van der Waals surface area contributed by atoms with Crippen LogP contribution < -0.4 is 0 Å². The minimum absolute atomic E-state index is 0.0213. The van der Waals surface area contributed by atoms with Crippen LogP contribution in [0, 0.1) is 11.6 Å². The summed E-state index contributed by atoms with van der Waals surface area (Å²) in [7, 11) is -3.85. The van der Waals surface area contributed by atoms with Crippen molar-refractivity contribution in [2.24, 2.45) is 4.99 Å². The molecule has 0 bridgehead atoms. The van der Waals surface area contributed by atoms with Gasteiger partial charge in [-0.25, -0.2) is 27.2 Å². The molecule has 1 aromatic carbocycles. The Labute approximate surface area is 203 Å². The van der Waals surface area contributed by atoms with Crippen LogP contribution in [-0.4, -0.2) is 29.6 Å². The van der Waals surface area contributed by atoms with Crippen LogP contribution in [0.5, 0.6) is 0 Å². The molecule has 5 rings (SSSR count). The van der Waals surface area contributed by atoms with Crippen LogP contribution in [-0.2, 0) is 28.4 Å². The topological polar surface area (TPSA) is 85.2 Å². The molecule has 6 nitrogen and oxygen atoms in total. The van der Waals surface area contributed by atoms with Crippen LogP contribution in [0.25, 0.3) is 11.3 Å². The van der Waals surface area contributed by atoms with E-state index in [1.165, 1.54) is 24.7 Å². The number of sulfone groups is 1. The molecule has 172 valence electrons. The Balaban J connectivity index is 1.53. The number of halogens is 3. The van der Waals surface area contributed by atoms with Crippen molar-refractivity contribution in [2.45, 2.75) is 22.8 Å². The fourth-order valence-corrected chi connectivity index (χ4v) is 6.66. The fourth-order valence-electron chi connectivity index (χ4n) is 3.74. The first kappa shape index (κ1) is 22.7. The Morgan fingerprint density at radius 1 is 1.06 bits per heavy atom. The third-order valence-electron chi connectivity index (χ3n) is 5.36. The summed E-state index contributed by atoms with van der Waals surface area (Å²) in [6.45, 7) is 0. The SMILES string of the molecule is O=S(=O)(Cc1ccc(F)c(Cc2ncccc2-c2ncnc3c2N=CC3)c1F)c1ccc(Cl)s1. The van der Waals surface area contributed by atoms with Gasteiger partial charge in [0.15, 0.2) is 9.84 Å². The van der Waals surface area contributed by atoms with Crippen molar-refractivity contribution in [3.8, 4) is 11.3 Å². The summed E-state index contributed by atoms with van der Waals surface area (Å²) in [6, 6.07) is 8.50. The maximum absolute atomic E-state index is 15.4. The predicted octanol–water partition coefficient (Wildman–Crippen LogP) is 5.35. The van der Waals surface area contributed by atoms with Crippen LogP contribution in [0.15, 0.2) is 58.1 Å². The summed E-state index contributed by atoms with van der Waals surface area (Å²) in [5, 5.41) is 0. The van der Waals surface area contributed by atoms with Crippen LogP contribution in [0.1, 0.15) is 22.5 Å². The van der Waals surface area contributed by atoms with E-state index in [0.29, 0.717) is 33.4 Å². The minimum Gasteiger partial charge on any atom is -0.260 e. The smallest absolute Gasteiger partial charge is 0.192 e. The highest BCUT2D eigenvalue weighted by Gasteiger charge is 2.24. The van der Waals surface area contributed by atoms with Crippen molar-refractivity contribution in [3.63, 3.8) is 0 Å². The number of hydrogen-bond donors (Lipinski definition) is 0. The van der Waals surface area contributed by atoms with Crippen molar-refractivity contribution in [3.05, 3.63) is 87.4 Å².